The number of rotatable bonds is 7. The number of piperidine rings is 1. The van der Waals surface area contributed by atoms with Gasteiger partial charge in [-0.05, 0) is 37.2 Å². The summed E-state index contributed by atoms with van der Waals surface area (Å²) in [6, 6.07) is 3.61. The number of hydrogen-bond donors (Lipinski definition) is 3. The molecule has 0 aromatic carbocycles. The highest BCUT2D eigenvalue weighted by Crippen LogP contribution is 2.35. The molecule has 2 saturated heterocycles. The summed E-state index contributed by atoms with van der Waals surface area (Å²) < 4.78 is 31.4. The Balaban J connectivity index is 1.26. The average Bonchev–Trinajstić information content (AvgIpc) is 3.56. The summed E-state index contributed by atoms with van der Waals surface area (Å²) in [5, 5.41) is 27.4. The first-order valence-corrected chi connectivity index (χ1v) is 15.3. The Labute approximate surface area is 238 Å². The van der Waals surface area contributed by atoms with Gasteiger partial charge < -0.3 is 25.2 Å². The Bertz CT molecular complexity index is 1590. The van der Waals surface area contributed by atoms with Crippen LogP contribution in [0.1, 0.15) is 44.6 Å². The SMILES string of the molecule is CC1(CO)CCN(c2cc(Nc3ccnc(-c4cnn(S(=O)(=O)C5CC5)c4)n3)ncc2C#CC2(O)CCOC2)CC1. The van der Waals surface area contributed by atoms with Crippen molar-refractivity contribution >= 4 is 27.3 Å². The van der Waals surface area contributed by atoms with Crippen molar-refractivity contribution < 1.29 is 23.4 Å². The molecule has 2 aliphatic heterocycles. The molecule has 216 valence electrons. The van der Waals surface area contributed by atoms with Crippen LogP contribution in [-0.2, 0) is 14.8 Å². The van der Waals surface area contributed by atoms with Gasteiger partial charge in [-0.25, -0.2) is 23.4 Å². The topological polar surface area (TPSA) is 156 Å². The Morgan fingerprint density at radius 1 is 1.17 bits per heavy atom. The average molecular weight is 580 g/mol. The van der Waals surface area contributed by atoms with Crippen LogP contribution in [0.25, 0.3) is 11.4 Å². The van der Waals surface area contributed by atoms with E-state index in [-0.39, 0.29) is 23.9 Å². The zero-order valence-electron chi connectivity index (χ0n) is 22.8. The molecule has 5 heterocycles. The zero-order chi connectivity index (χ0) is 28.7. The first kappa shape index (κ1) is 27.6. The van der Waals surface area contributed by atoms with E-state index in [1.807, 2.05) is 6.07 Å². The van der Waals surface area contributed by atoms with Crippen molar-refractivity contribution in [3.05, 3.63) is 42.5 Å². The summed E-state index contributed by atoms with van der Waals surface area (Å²) >= 11 is 0. The van der Waals surface area contributed by atoms with E-state index in [9.17, 15) is 18.6 Å². The lowest BCUT2D eigenvalue weighted by molar-refractivity contribution is 0.0765. The molecule has 3 aromatic heterocycles. The number of nitrogens with one attached hydrogen (secondary N) is 1. The highest BCUT2D eigenvalue weighted by atomic mass is 32.2. The van der Waals surface area contributed by atoms with Crippen molar-refractivity contribution in [2.24, 2.45) is 5.41 Å². The van der Waals surface area contributed by atoms with E-state index in [4.69, 9.17) is 4.74 Å². The zero-order valence-corrected chi connectivity index (χ0v) is 23.6. The lowest BCUT2D eigenvalue weighted by atomic mass is 9.81. The van der Waals surface area contributed by atoms with Gasteiger partial charge in [0.2, 0.25) is 0 Å². The van der Waals surface area contributed by atoms with Gasteiger partial charge in [0.25, 0.3) is 10.0 Å². The fourth-order valence-corrected chi connectivity index (χ4v) is 6.41. The highest BCUT2D eigenvalue weighted by molar-refractivity contribution is 7.90. The number of aliphatic hydroxyl groups is 2. The third-order valence-electron chi connectivity index (χ3n) is 7.94. The quantitative estimate of drug-likeness (QED) is 0.352. The molecule has 3 fully saturated rings. The third kappa shape index (κ3) is 5.92. The van der Waals surface area contributed by atoms with Crippen molar-refractivity contribution in [1.82, 2.24) is 24.1 Å². The van der Waals surface area contributed by atoms with Crippen molar-refractivity contribution in [3.63, 3.8) is 0 Å². The Morgan fingerprint density at radius 3 is 2.68 bits per heavy atom. The molecular weight excluding hydrogens is 546 g/mol. The molecule has 41 heavy (non-hydrogen) atoms. The number of nitrogens with zero attached hydrogens (tertiary/aromatic N) is 6. The number of aliphatic hydroxyl groups excluding tert-OH is 1. The minimum absolute atomic E-state index is 0.115. The van der Waals surface area contributed by atoms with Crippen molar-refractivity contribution in [1.29, 1.82) is 0 Å². The fraction of sp³-hybridized carbons (Fsp3) is 0.500. The minimum atomic E-state index is -3.48. The van der Waals surface area contributed by atoms with Gasteiger partial charge in [0, 0.05) is 44.6 Å². The second-order valence-electron chi connectivity index (χ2n) is 11.4. The Morgan fingerprint density at radius 2 is 1.98 bits per heavy atom. The lowest BCUT2D eigenvalue weighted by Crippen LogP contribution is -2.40. The van der Waals surface area contributed by atoms with E-state index in [1.54, 1.807) is 18.5 Å². The minimum Gasteiger partial charge on any atom is -0.396 e. The van der Waals surface area contributed by atoms with Gasteiger partial charge in [0.05, 0.1) is 47.7 Å². The van der Waals surface area contributed by atoms with Gasteiger partial charge in [-0.3, -0.25) is 0 Å². The lowest BCUT2D eigenvalue weighted by Gasteiger charge is -2.39. The van der Waals surface area contributed by atoms with Crippen LogP contribution < -0.4 is 10.2 Å². The molecule has 1 atom stereocenters. The van der Waals surface area contributed by atoms with E-state index in [0.717, 1.165) is 35.7 Å². The summed E-state index contributed by atoms with van der Waals surface area (Å²) in [6.45, 7) is 4.39. The van der Waals surface area contributed by atoms with Crippen LogP contribution in [0, 0.1) is 17.3 Å². The second kappa shape index (κ2) is 10.7. The number of aromatic nitrogens is 5. The van der Waals surface area contributed by atoms with E-state index < -0.39 is 15.6 Å². The van der Waals surface area contributed by atoms with Crippen LogP contribution in [0.4, 0.5) is 17.3 Å². The number of ether oxygens (including phenoxy) is 1. The molecule has 1 unspecified atom stereocenters. The Kier molecular flexibility index (Phi) is 7.19. The molecule has 1 saturated carbocycles. The van der Waals surface area contributed by atoms with Crippen LogP contribution >= 0.6 is 0 Å². The standard InChI is InChI=1S/C28H33N7O5S/c1-27(18-36)7-11-34(12-8-27)23-14-25(30-15-20(23)4-6-28(37)9-13-40-19-28)32-24-5-10-29-26(33-24)21-16-31-35(17-21)41(38,39)22-2-3-22/h5,10,14-17,22,36-37H,2-3,7-9,11-13,18-19H2,1H3,(H,29,30,32,33). The molecule has 12 nitrogen and oxygen atoms in total. The molecule has 3 aromatic rings. The maximum Gasteiger partial charge on any atom is 0.256 e. The normalized spacial score (nSPS) is 22.3. The van der Waals surface area contributed by atoms with E-state index in [1.165, 1.54) is 12.4 Å². The fourth-order valence-electron chi connectivity index (χ4n) is 4.93. The van der Waals surface area contributed by atoms with Crippen LogP contribution in [-0.4, -0.2) is 86.5 Å². The molecule has 0 spiro atoms. The van der Waals surface area contributed by atoms with Gasteiger partial charge in [-0.2, -0.15) is 9.19 Å². The van der Waals surface area contributed by atoms with Crippen LogP contribution in [0.5, 0.6) is 0 Å². The first-order chi connectivity index (χ1) is 19.7. The van der Waals surface area contributed by atoms with Crippen molar-refractivity contribution in [2.45, 2.75) is 49.9 Å². The van der Waals surface area contributed by atoms with Gasteiger partial charge in [0.15, 0.2) is 11.4 Å². The molecule has 3 N–H and O–H groups in total. The molecule has 13 heteroatoms. The molecular formula is C28H33N7O5S. The molecule has 1 aliphatic carbocycles. The monoisotopic (exact) mass is 579 g/mol. The van der Waals surface area contributed by atoms with Gasteiger partial charge >= 0.3 is 0 Å². The maximum absolute atomic E-state index is 12.5. The summed E-state index contributed by atoms with van der Waals surface area (Å²) in [7, 11) is -3.48. The molecule has 3 aliphatic rings. The van der Waals surface area contributed by atoms with Crippen LogP contribution in [0.3, 0.4) is 0 Å². The van der Waals surface area contributed by atoms with Gasteiger partial charge in [-0.1, -0.05) is 18.8 Å². The Hall–Kier alpha value is -3.57. The molecule has 0 amide bonds. The number of anilines is 3. The summed E-state index contributed by atoms with van der Waals surface area (Å²) in [5.74, 6) is 7.47. The highest BCUT2D eigenvalue weighted by Gasteiger charge is 2.38. The predicted octanol–water partition coefficient (Wildman–Crippen LogP) is 1.92. The smallest absolute Gasteiger partial charge is 0.256 e. The number of hydrogen-bond acceptors (Lipinski definition) is 11. The molecule has 0 bridgehead atoms. The molecule has 0 radical (unpaired) electrons. The largest absolute Gasteiger partial charge is 0.396 e. The van der Waals surface area contributed by atoms with Crippen molar-refractivity contribution in [3.8, 4) is 23.2 Å². The van der Waals surface area contributed by atoms with E-state index in [2.05, 4.69) is 49.0 Å². The van der Waals surface area contributed by atoms with Crippen LogP contribution in [0.15, 0.2) is 36.9 Å². The maximum atomic E-state index is 12.5. The van der Waals surface area contributed by atoms with Gasteiger partial charge in [-0.15, -0.1) is 0 Å². The summed E-state index contributed by atoms with van der Waals surface area (Å²) in [6.07, 6.45) is 9.58. The third-order valence-corrected chi connectivity index (χ3v) is 9.98. The van der Waals surface area contributed by atoms with E-state index in [0.29, 0.717) is 54.5 Å². The predicted molar refractivity (Wildman–Crippen MR) is 152 cm³/mol. The first-order valence-electron chi connectivity index (χ1n) is 13.8. The second-order valence-corrected chi connectivity index (χ2v) is 13.4. The van der Waals surface area contributed by atoms with E-state index >= 15 is 0 Å². The van der Waals surface area contributed by atoms with Crippen LogP contribution in [0.2, 0.25) is 0 Å². The summed E-state index contributed by atoms with van der Waals surface area (Å²) in [5.41, 5.74) is 0.769. The van der Waals surface area contributed by atoms with Crippen molar-refractivity contribution in [2.75, 3.05) is 43.1 Å². The van der Waals surface area contributed by atoms with Gasteiger partial charge in [0.1, 0.15) is 11.6 Å². The summed E-state index contributed by atoms with van der Waals surface area (Å²) in [4.78, 5) is 15.6. The number of pyridine rings is 1. The molecule has 6 rings (SSSR count).